The van der Waals surface area contributed by atoms with Gasteiger partial charge in [-0.3, -0.25) is 0 Å². The number of pyridine rings is 2. The lowest BCUT2D eigenvalue weighted by Gasteiger charge is -2.11. The first kappa shape index (κ1) is 35.0. The smallest absolute Gasteiger partial charge is 0.168 e. The fraction of sp³-hybridized carbons (Fsp3) is 0.293. The summed E-state index contributed by atoms with van der Waals surface area (Å²) in [6.45, 7) is 3.34. The number of hydrogen-bond donors (Lipinski definition) is 0. The van der Waals surface area contributed by atoms with E-state index in [1.54, 1.807) is 14.2 Å². The minimum Gasteiger partial charge on any atom is -0.493 e. The highest BCUT2D eigenvalue weighted by atomic mass is 16.5. The third-order valence-electron chi connectivity index (χ3n) is 8.00. The van der Waals surface area contributed by atoms with Gasteiger partial charge in [-0.05, 0) is 73.2 Å². The molecular weight excluding hydrogens is 614 g/mol. The van der Waals surface area contributed by atoms with E-state index >= 15 is 0 Å². The molecule has 0 saturated carbocycles. The lowest BCUT2D eigenvalue weighted by atomic mass is 10.1. The predicted octanol–water partition coefficient (Wildman–Crippen LogP) is 8.11. The van der Waals surface area contributed by atoms with Gasteiger partial charge in [0.05, 0.1) is 27.4 Å². The van der Waals surface area contributed by atoms with Gasteiger partial charge in [0.1, 0.15) is 18.8 Å². The van der Waals surface area contributed by atoms with Gasteiger partial charge in [0.2, 0.25) is 0 Å². The number of hydrogen-bond acceptors (Lipinski definition) is 6. The van der Waals surface area contributed by atoms with Crippen LogP contribution in [0.25, 0.3) is 24.3 Å². The molecule has 0 aliphatic heterocycles. The molecule has 3 aromatic heterocycles. The number of methoxy groups -OCH3 is 2. The Morgan fingerprint density at radius 3 is 1.57 bits per heavy atom. The Hall–Kier alpha value is -5.37. The van der Waals surface area contributed by atoms with E-state index in [9.17, 15) is 0 Å². The molecule has 0 saturated heterocycles. The van der Waals surface area contributed by atoms with Gasteiger partial charge in [0.15, 0.2) is 53.5 Å². The monoisotopic (exact) mass is 661 g/mol. The molecule has 2 aromatic carbocycles. The zero-order valence-electron chi connectivity index (χ0n) is 28.6. The van der Waals surface area contributed by atoms with Crippen LogP contribution in [0.4, 0.5) is 0 Å². The van der Waals surface area contributed by atoms with E-state index in [1.165, 1.54) is 0 Å². The summed E-state index contributed by atoms with van der Waals surface area (Å²) in [7, 11) is 3.32. The Balaban J connectivity index is 1.05. The number of rotatable bonds is 20. The van der Waals surface area contributed by atoms with Gasteiger partial charge in [-0.2, -0.15) is 0 Å². The molecular formula is C41H47N3O5+2. The number of unbranched alkanes of at least 4 members (excludes halogenated alkanes) is 4. The summed E-state index contributed by atoms with van der Waals surface area (Å²) in [5.74, 6) is 3.55. The number of nitrogens with zero attached hydrogens (tertiary/aromatic N) is 3. The number of ether oxygens (including phenoxy) is 4. The van der Waals surface area contributed by atoms with Crippen LogP contribution in [0.5, 0.6) is 23.0 Å². The van der Waals surface area contributed by atoms with E-state index in [-0.39, 0.29) is 0 Å². The van der Waals surface area contributed by atoms with Crippen LogP contribution in [0.15, 0.2) is 108 Å². The predicted molar refractivity (Wildman–Crippen MR) is 192 cm³/mol. The van der Waals surface area contributed by atoms with E-state index in [2.05, 4.69) is 63.3 Å². The molecule has 5 rings (SSSR count). The second kappa shape index (κ2) is 19.5. The van der Waals surface area contributed by atoms with Crippen LogP contribution in [-0.4, -0.2) is 32.6 Å². The zero-order valence-corrected chi connectivity index (χ0v) is 28.6. The summed E-state index contributed by atoms with van der Waals surface area (Å²) >= 11 is 0. The summed E-state index contributed by atoms with van der Waals surface area (Å²) in [5.41, 5.74) is 2.67. The van der Waals surface area contributed by atoms with Crippen molar-refractivity contribution in [3.05, 3.63) is 126 Å². The second-order valence-electron chi connectivity index (χ2n) is 11.7. The fourth-order valence-corrected chi connectivity index (χ4v) is 5.31. The summed E-state index contributed by atoms with van der Waals surface area (Å²) in [5, 5.41) is 4.19. The third kappa shape index (κ3) is 11.7. The maximum absolute atomic E-state index is 6.02. The molecule has 0 atom stereocenters. The molecule has 0 N–H and O–H groups in total. The van der Waals surface area contributed by atoms with Crippen molar-refractivity contribution < 1.29 is 32.6 Å². The molecule has 0 amide bonds. The van der Waals surface area contributed by atoms with Crippen molar-refractivity contribution in [3.8, 4) is 23.0 Å². The zero-order chi connectivity index (χ0) is 33.9. The molecule has 49 heavy (non-hydrogen) atoms. The summed E-state index contributed by atoms with van der Waals surface area (Å²) < 4.78 is 33.2. The lowest BCUT2D eigenvalue weighted by molar-refractivity contribution is -0.697. The van der Waals surface area contributed by atoms with Crippen LogP contribution in [0.3, 0.4) is 0 Å². The number of aryl methyl sites for hydroxylation is 2. The SMILES string of the molecule is COc1cc(/C=C/c2cc(/C=C/c3ccc(OCCCCC[n+]4ccccc4)c(OC)c3)on2)ccc1OCCCCC[n+]1ccccc1. The summed E-state index contributed by atoms with van der Waals surface area (Å²) in [6, 6.07) is 26.0. The van der Waals surface area contributed by atoms with Crippen molar-refractivity contribution in [2.24, 2.45) is 0 Å². The molecule has 0 aliphatic rings. The van der Waals surface area contributed by atoms with Crippen LogP contribution in [0, 0.1) is 0 Å². The Morgan fingerprint density at radius 1 is 0.551 bits per heavy atom. The van der Waals surface area contributed by atoms with Crippen molar-refractivity contribution in [3.63, 3.8) is 0 Å². The highest BCUT2D eigenvalue weighted by Gasteiger charge is 2.08. The van der Waals surface area contributed by atoms with Crippen LogP contribution in [-0.2, 0) is 13.1 Å². The van der Waals surface area contributed by atoms with Crippen molar-refractivity contribution in [2.75, 3.05) is 27.4 Å². The second-order valence-corrected chi connectivity index (χ2v) is 11.7. The van der Waals surface area contributed by atoms with E-state index in [1.807, 2.05) is 78.9 Å². The third-order valence-corrected chi connectivity index (χ3v) is 8.00. The fourth-order valence-electron chi connectivity index (χ4n) is 5.31. The van der Waals surface area contributed by atoms with Crippen LogP contribution in [0.2, 0.25) is 0 Å². The largest absolute Gasteiger partial charge is 0.493 e. The Morgan fingerprint density at radius 2 is 1.06 bits per heavy atom. The van der Waals surface area contributed by atoms with Gasteiger partial charge in [0.25, 0.3) is 0 Å². The highest BCUT2D eigenvalue weighted by molar-refractivity contribution is 5.72. The average Bonchev–Trinajstić information content (AvgIpc) is 3.61. The Labute approximate surface area is 289 Å². The first-order valence-electron chi connectivity index (χ1n) is 17.0. The molecule has 0 bridgehead atoms. The lowest BCUT2D eigenvalue weighted by Crippen LogP contribution is -2.32. The molecule has 0 fully saturated rings. The first-order chi connectivity index (χ1) is 24.2. The average molecular weight is 662 g/mol. The quantitative estimate of drug-likeness (QED) is 0.0620. The molecule has 8 nitrogen and oxygen atoms in total. The van der Waals surface area contributed by atoms with E-state index in [0.717, 1.165) is 79.9 Å². The molecule has 0 spiro atoms. The van der Waals surface area contributed by atoms with Gasteiger partial charge < -0.3 is 23.5 Å². The standard InChI is InChI=1S/C41H47N3O5/c1-45-40-31-34(17-21-38(40)47-29-13-5-11-27-43-23-7-3-8-24-43)15-19-36-33-37(49-42-36)20-16-35-18-22-39(41(32-35)46-2)48-30-14-6-12-28-44-25-9-4-10-26-44/h3-4,7-10,15-26,31-33H,5-6,11-14,27-30H2,1-2H3/q+2/b19-15+,20-16+. The van der Waals surface area contributed by atoms with Crippen molar-refractivity contribution in [1.82, 2.24) is 5.16 Å². The van der Waals surface area contributed by atoms with Crippen LogP contribution >= 0.6 is 0 Å². The molecule has 0 unspecified atom stereocenters. The maximum atomic E-state index is 6.02. The molecule has 8 heteroatoms. The van der Waals surface area contributed by atoms with Crippen molar-refractivity contribution in [1.29, 1.82) is 0 Å². The van der Waals surface area contributed by atoms with E-state index < -0.39 is 0 Å². The van der Waals surface area contributed by atoms with Gasteiger partial charge in [-0.15, -0.1) is 0 Å². The topological polar surface area (TPSA) is 70.7 Å². The van der Waals surface area contributed by atoms with E-state index in [4.69, 9.17) is 23.5 Å². The molecule has 0 radical (unpaired) electrons. The van der Waals surface area contributed by atoms with Crippen molar-refractivity contribution in [2.45, 2.75) is 51.6 Å². The first-order valence-corrected chi connectivity index (χ1v) is 17.0. The molecule has 5 aromatic rings. The highest BCUT2D eigenvalue weighted by Crippen LogP contribution is 2.30. The van der Waals surface area contributed by atoms with Crippen molar-refractivity contribution >= 4 is 24.3 Å². The molecule has 254 valence electrons. The van der Waals surface area contributed by atoms with Gasteiger partial charge in [-0.1, -0.05) is 41.6 Å². The Bertz CT molecular complexity index is 1620. The van der Waals surface area contributed by atoms with Gasteiger partial charge in [-0.25, -0.2) is 9.13 Å². The molecule has 0 aliphatic carbocycles. The summed E-state index contributed by atoms with van der Waals surface area (Å²) in [4.78, 5) is 0. The summed E-state index contributed by atoms with van der Waals surface area (Å²) in [6.07, 6.45) is 22.6. The van der Waals surface area contributed by atoms with Gasteiger partial charge >= 0.3 is 0 Å². The van der Waals surface area contributed by atoms with Crippen LogP contribution in [0.1, 0.15) is 61.1 Å². The maximum Gasteiger partial charge on any atom is 0.168 e. The minimum atomic E-state index is 0.649. The Kier molecular flexibility index (Phi) is 13.9. The number of benzene rings is 2. The normalized spacial score (nSPS) is 11.3. The number of aromatic nitrogens is 3. The van der Waals surface area contributed by atoms with Gasteiger partial charge in [0, 0.05) is 43.2 Å². The van der Waals surface area contributed by atoms with Crippen LogP contribution < -0.4 is 28.1 Å². The minimum absolute atomic E-state index is 0.649. The van der Waals surface area contributed by atoms with E-state index in [0.29, 0.717) is 30.5 Å². The molecule has 3 heterocycles.